The van der Waals surface area contributed by atoms with Gasteiger partial charge in [-0.1, -0.05) is 19.8 Å². The van der Waals surface area contributed by atoms with Gasteiger partial charge >= 0.3 is 0 Å². The minimum absolute atomic E-state index is 0.431. The Morgan fingerprint density at radius 3 is 2.11 bits per heavy atom. The third-order valence-corrected chi connectivity index (χ3v) is 1.10. The lowest BCUT2D eigenvalue weighted by atomic mass is 10.5. The van der Waals surface area contributed by atoms with Crippen molar-refractivity contribution in [2.24, 2.45) is 5.92 Å². The molecule has 1 aliphatic rings. The molecule has 9 heavy (non-hydrogen) atoms. The van der Waals surface area contributed by atoms with E-state index in [1.54, 1.807) is 6.92 Å². The zero-order valence-electron chi connectivity index (χ0n) is 6.09. The molecule has 0 heterocycles. The first-order valence-corrected chi connectivity index (χ1v) is 3.36. The maximum absolute atomic E-state index is 9.18. The second-order valence-corrected chi connectivity index (χ2v) is 2.23. The highest BCUT2D eigenvalue weighted by Crippen LogP contribution is 2.26. The van der Waals surface area contributed by atoms with Crippen LogP contribution in [0.25, 0.3) is 0 Å². The van der Waals surface area contributed by atoms with Crippen molar-refractivity contribution in [2.45, 2.75) is 26.7 Å². The van der Waals surface area contributed by atoms with E-state index in [9.17, 15) is 4.79 Å². The van der Waals surface area contributed by atoms with Gasteiger partial charge in [-0.25, -0.2) is 0 Å². The monoisotopic (exact) mass is 130 g/mol. The molecule has 0 unspecified atom stereocenters. The Kier molecular flexibility index (Phi) is 5.27. The first kappa shape index (κ1) is 8.47. The van der Waals surface area contributed by atoms with E-state index in [0.29, 0.717) is 13.1 Å². The van der Waals surface area contributed by atoms with Crippen LogP contribution in [-0.2, 0) is 9.53 Å². The topological polar surface area (TPSA) is 26.3 Å². The van der Waals surface area contributed by atoms with Gasteiger partial charge in [-0.3, -0.25) is 4.79 Å². The minimum atomic E-state index is 0.431. The molecule has 0 saturated heterocycles. The van der Waals surface area contributed by atoms with Crippen LogP contribution >= 0.6 is 0 Å². The predicted octanol–water partition coefficient (Wildman–Crippen LogP) is 1.60. The summed E-state index contributed by atoms with van der Waals surface area (Å²) < 4.78 is 4.15. The molecule has 0 spiro atoms. The van der Waals surface area contributed by atoms with E-state index >= 15 is 0 Å². The van der Waals surface area contributed by atoms with Gasteiger partial charge in [-0.15, -0.1) is 0 Å². The minimum Gasteiger partial charge on any atom is -0.468 e. The van der Waals surface area contributed by atoms with Crippen LogP contribution in [0.1, 0.15) is 26.7 Å². The Morgan fingerprint density at radius 1 is 1.67 bits per heavy atom. The molecule has 2 heteroatoms. The number of hydrogen-bond donors (Lipinski definition) is 0. The van der Waals surface area contributed by atoms with Crippen molar-refractivity contribution in [1.82, 2.24) is 0 Å². The summed E-state index contributed by atoms with van der Waals surface area (Å²) in [7, 11) is 0. The molecule has 0 atom stereocenters. The quantitative estimate of drug-likeness (QED) is 0.531. The van der Waals surface area contributed by atoms with Crippen LogP contribution in [0.5, 0.6) is 0 Å². The van der Waals surface area contributed by atoms with E-state index in [1.165, 1.54) is 12.8 Å². The molecule has 2 nitrogen and oxygen atoms in total. The van der Waals surface area contributed by atoms with E-state index in [4.69, 9.17) is 0 Å². The second kappa shape index (κ2) is 5.60. The van der Waals surface area contributed by atoms with Gasteiger partial charge in [-0.2, -0.15) is 0 Å². The Balaban J connectivity index is 0.000000144. The van der Waals surface area contributed by atoms with Crippen LogP contribution < -0.4 is 0 Å². The highest BCUT2D eigenvalue weighted by atomic mass is 16.5. The van der Waals surface area contributed by atoms with Gasteiger partial charge < -0.3 is 4.74 Å². The summed E-state index contributed by atoms with van der Waals surface area (Å²) in [5.41, 5.74) is 0. The lowest BCUT2D eigenvalue weighted by Crippen LogP contribution is -1.80. The van der Waals surface area contributed by atoms with E-state index in [0.717, 1.165) is 5.92 Å². The fourth-order valence-electron chi connectivity index (χ4n) is 0.235. The van der Waals surface area contributed by atoms with E-state index in [-0.39, 0.29) is 0 Å². The van der Waals surface area contributed by atoms with Crippen LogP contribution in [-0.4, -0.2) is 13.1 Å². The Labute approximate surface area is 56.2 Å². The molecule has 0 bridgehead atoms. The Morgan fingerprint density at radius 2 is 2.11 bits per heavy atom. The molecule has 0 aliphatic heterocycles. The maximum Gasteiger partial charge on any atom is 0.293 e. The van der Waals surface area contributed by atoms with Crippen molar-refractivity contribution in [3.8, 4) is 0 Å². The molecule has 0 radical (unpaired) electrons. The number of ether oxygens (including phenoxy) is 1. The zero-order valence-corrected chi connectivity index (χ0v) is 6.09. The van der Waals surface area contributed by atoms with Crippen LogP contribution in [0.15, 0.2) is 0 Å². The normalized spacial score (nSPS) is 15.3. The maximum atomic E-state index is 9.18. The summed E-state index contributed by atoms with van der Waals surface area (Å²) >= 11 is 0. The molecule has 54 valence electrons. The van der Waals surface area contributed by atoms with Crippen molar-refractivity contribution in [3.05, 3.63) is 0 Å². The standard InChI is InChI=1S/C4H8.C3H6O2/c1-4-2-3-4;1-2-5-3-4/h4H,2-3H2,1H3;3H,2H2,1H3. The molecule has 0 aromatic heterocycles. The molecule has 1 aliphatic carbocycles. The molecule has 1 saturated carbocycles. The second-order valence-electron chi connectivity index (χ2n) is 2.23. The highest BCUT2D eigenvalue weighted by Gasteiger charge is 2.12. The third-order valence-electron chi connectivity index (χ3n) is 1.10. The lowest BCUT2D eigenvalue weighted by Gasteiger charge is -1.79. The van der Waals surface area contributed by atoms with Gasteiger partial charge in [0.05, 0.1) is 6.61 Å². The van der Waals surface area contributed by atoms with Crippen molar-refractivity contribution in [1.29, 1.82) is 0 Å². The largest absolute Gasteiger partial charge is 0.468 e. The van der Waals surface area contributed by atoms with Gasteiger partial charge in [0.25, 0.3) is 6.47 Å². The van der Waals surface area contributed by atoms with E-state index in [1.807, 2.05) is 0 Å². The first-order chi connectivity index (χ1) is 4.31. The van der Waals surface area contributed by atoms with Gasteiger partial charge in [0.1, 0.15) is 0 Å². The van der Waals surface area contributed by atoms with Crippen LogP contribution in [0.2, 0.25) is 0 Å². The molecular weight excluding hydrogens is 116 g/mol. The zero-order chi connectivity index (χ0) is 7.11. The summed E-state index contributed by atoms with van der Waals surface area (Å²) in [6.07, 6.45) is 2.97. The van der Waals surface area contributed by atoms with Crippen molar-refractivity contribution >= 4 is 6.47 Å². The highest BCUT2D eigenvalue weighted by molar-refractivity contribution is 5.36. The fourth-order valence-corrected chi connectivity index (χ4v) is 0.235. The molecule has 0 N–H and O–H groups in total. The lowest BCUT2D eigenvalue weighted by molar-refractivity contribution is -0.128. The van der Waals surface area contributed by atoms with Crippen molar-refractivity contribution in [3.63, 3.8) is 0 Å². The Bertz CT molecular complexity index is 67.3. The van der Waals surface area contributed by atoms with Gasteiger partial charge in [-0.05, 0) is 12.8 Å². The van der Waals surface area contributed by atoms with Gasteiger partial charge in [0, 0.05) is 0 Å². The average Bonchev–Trinajstić information content (AvgIpc) is 2.55. The summed E-state index contributed by atoms with van der Waals surface area (Å²) in [6, 6.07) is 0. The number of rotatable bonds is 2. The van der Waals surface area contributed by atoms with Gasteiger partial charge in [0.15, 0.2) is 0 Å². The van der Waals surface area contributed by atoms with Crippen molar-refractivity contribution in [2.75, 3.05) is 6.61 Å². The average molecular weight is 130 g/mol. The smallest absolute Gasteiger partial charge is 0.293 e. The molecule has 1 rings (SSSR count). The number of carbonyl (C=O) groups excluding carboxylic acids is 1. The predicted molar refractivity (Wildman–Crippen MR) is 36.1 cm³/mol. The summed E-state index contributed by atoms with van der Waals surface area (Å²) in [4.78, 5) is 9.18. The third kappa shape index (κ3) is 11.2. The van der Waals surface area contributed by atoms with Crippen LogP contribution in [0.4, 0.5) is 0 Å². The molecule has 1 fully saturated rings. The fraction of sp³-hybridized carbons (Fsp3) is 0.857. The van der Waals surface area contributed by atoms with E-state index < -0.39 is 0 Å². The SMILES string of the molecule is CC1CC1.CCOC=O. The first-order valence-electron chi connectivity index (χ1n) is 3.36. The molecule has 0 amide bonds. The number of hydrogen-bond acceptors (Lipinski definition) is 2. The van der Waals surface area contributed by atoms with Gasteiger partial charge in [0.2, 0.25) is 0 Å². The number of carbonyl (C=O) groups is 1. The molecular formula is C7H14O2. The molecule has 0 aromatic carbocycles. The summed E-state index contributed by atoms with van der Waals surface area (Å²) in [5, 5.41) is 0. The molecule has 0 aromatic rings. The van der Waals surface area contributed by atoms with Crippen LogP contribution in [0, 0.1) is 5.92 Å². The van der Waals surface area contributed by atoms with Crippen LogP contribution in [0.3, 0.4) is 0 Å². The van der Waals surface area contributed by atoms with E-state index in [2.05, 4.69) is 11.7 Å². The van der Waals surface area contributed by atoms with Crippen molar-refractivity contribution < 1.29 is 9.53 Å². The Hall–Kier alpha value is -0.530. The summed E-state index contributed by atoms with van der Waals surface area (Å²) in [5.74, 6) is 1.08. The summed E-state index contributed by atoms with van der Waals surface area (Å²) in [6.45, 7) is 4.94.